The molecule has 0 aromatic heterocycles. The van der Waals surface area contributed by atoms with Crippen LogP contribution in [-0.4, -0.2) is 18.5 Å². The molecule has 0 rings (SSSR count). The van der Waals surface area contributed by atoms with Gasteiger partial charge in [0.15, 0.2) is 0 Å². The molecule has 0 aromatic rings. The van der Waals surface area contributed by atoms with Crippen LogP contribution in [0.25, 0.3) is 0 Å². The van der Waals surface area contributed by atoms with Gasteiger partial charge in [-0.05, 0) is 0 Å². The third kappa shape index (κ3) is 2.60. The van der Waals surface area contributed by atoms with Crippen LogP contribution in [-0.2, 0) is 18.8 Å². The van der Waals surface area contributed by atoms with Crippen molar-refractivity contribution in [3.63, 3.8) is 0 Å². The molecule has 0 bridgehead atoms. The summed E-state index contributed by atoms with van der Waals surface area (Å²) in [7, 11) is 0. The Labute approximate surface area is 63.2 Å². The minimum atomic E-state index is -0.516. The van der Waals surface area contributed by atoms with Crippen molar-refractivity contribution >= 4 is 4.90 Å². The van der Waals surface area contributed by atoms with Gasteiger partial charge in [0.2, 0.25) is 0 Å². The quantitative estimate of drug-likeness (QED) is 0.603. The van der Waals surface area contributed by atoms with Crippen molar-refractivity contribution in [1.82, 2.24) is 0 Å². The molecular formula is C6H15PW. The van der Waals surface area contributed by atoms with E-state index in [2.05, 4.69) is 34.1 Å². The van der Waals surface area contributed by atoms with Gasteiger partial charge in [0.25, 0.3) is 0 Å². The average molecular weight is 302 g/mol. The van der Waals surface area contributed by atoms with E-state index < -0.39 is 4.90 Å². The van der Waals surface area contributed by atoms with Crippen molar-refractivity contribution in [2.45, 2.75) is 25.9 Å². The van der Waals surface area contributed by atoms with Crippen LogP contribution in [0.4, 0.5) is 0 Å². The Kier molecular flexibility index (Phi) is 2.72. The molecule has 0 unspecified atom stereocenters. The summed E-state index contributed by atoms with van der Waals surface area (Å²) >= 11 is 1.79. The van der Waals surface area contributed by atoms with Gasteiger partial charge in [-0.25, -0.2) is 0 Å². The van der Waals surface area contributed by atoms with E-state index in [4.69, 9.17) is 0 Å². The van der Waals surface area contributed by atoms with Crippen molar-refractivity contribution in [2.24, 2.45) is 0 Å². The third-order valence-electron chi connectivity index (χ3n) is 1.62. The van der Waals surface area contributed by atoms with Gasteiger partial charge in [-0.3, -0.25) is 0 Å². The summed E-state index contributed by atoms with van der Waals surface area (Å²) in [6.07, 6.45) is 0. The Hall–Kier alpha value is 1.12. The SMILES string of the molecule is CC(C)(C)[P](C)(C)=[W]. The maximum atomic E-state index is 2.42. The predicted octanol–water partition coefficient (Wildman–Crippen LogP) is 2.52. The molecule has 0 radical (unpaired) electrons. The van der Waals surface area contributed by atoms with Crippen LogP contribution < -0.4 is 0 Å². The van der Waals surface area contributed by atoms with Crippen molar-refractivity contribution in [3.8, 4) is 0 Å². The van der Waals surface area contributed by atoms with Gasteiger partial charge in [-0.15, -0.1) is 0 Å². The molecule has 0 atom stereocenters. The summed E-state index contributed by atoms with van der Waals surface area (Å²) in [6, 6.07) is 0. The van der Waals surface area contributed by atoms with Crippen molar-refractivity contribution in [2.75, 3.05) is 13.3 Å². The first-order valence-corrected chi connectivity index (χ1v) is 9.34. The number of hydrogen-bond donors (Lipinski definition) is 0. The first-order valence-electron chi connectivity index (χ1n) is 2.80. The molecular weight excluding hydrogens is 287 g/mol. The first-order chi connectivity index (χ1) is 3.25. The van der Waals surface area contributed by atoms with Gasteiger partial charge >= 0.3 is 63.0 Å². The van der Waals surface area contributed by atoms with E-state index in [9.17, 15) is 0 Å². The van der Waals surface area contributed by atoms with E-state index in [0.29, 0.717) is 5.16 Å². The molecule has 0 aliphatic heterocycles. The van der Waals surface area contributed by atoms with E-state index in [1.54, 1.807) is 18.8 Å². The monoisotopic (exact) mass is 302 g/mol. The van der Waals surface area contributed by atoms with Gasteiger partial charge in [-0.1, -0.05) is 0 Å². The second-order valence-corrected chi connectivity index (χ2v) is 17.4. The molecule has 0 amide bonds. The molecule has 0 heterocycles. The zero-order chi connectivity index (χ0) is 7.00. The fourth-order valence-electron chi connectivity index (χ4n) is 0. The summed E-state index contributed by atoms with van der Waals surface area (Å²) in [5, 5.41) is 0.586. The summed E-state index contributed by atoms with van der Waals surface area (Å²) in [5.74, 6) is 0. The molecule has 0 aromatic carbocycles. The number of rotatable bonds is 0. The minimum absolute atomic E-state index is 0.516. The molecule has 50 valence electrons. The molecule has 0 spiro atoms. The van der Waals surface area contributed by atoms with Gasteiger partial charge in [0, 0.05) is 0 Å². The summed E-state index contributed by atoms with van der Waals surface area (Å²) in [5.41, 5.74) is 0. The molecule has 0 aliphatic carbocycles. The van der Waals surface area contributed by atoms with Gasteiger partial charge in [-0.2, -0.15) is 0 Å². The Bertz CT molecular complexity index is 115. The van der Waals surface area contributed by atoms with E-state index in [-0.39, 0.29) is 0 Å². The van der Waals surface area contributed by atoms with Crippen LogP contribution in [0.3, 0.4) is 0 Å². The molecule has 0 saturated heterocycles. The van der Waals surface area contributed by atoms with Crippen LogP contribution in [0, 0.1) is 0 Å². The van der Waals surface area contributed by atoms with Crippen LogP contribution in [0.5, 0.6) is 0 Å². The fraction of sp³-hybridized carbons (Fsp3) is 1.00. The normalized spacial score (nSPS) is 14.1. The average Bonchev–Trinajstić information content (AvgIpc) is 1.25. The summed E-state index contributed by atoms with van der Waals surface area (Å²) < 4.78 is 0. The van der Waals surface area contributed by atoms with Crippen LogP contribution in [0.2, 0.25) is 0 Å². The zero-order valence-electron chi connectivity index (χ0n) is 6.36. The van der Waals surface area contributed by atoms with E-state index in [1.807, 2.05) is 0 Å². The predicted molar refractivity (Wildman–Crippen MR) is 38.5 cm³/mol. The Morgan fingerprint density at radius 1 is 1.12 bits per heavy atom. The van der Waals surface area contributed by atoms with E-state index in [1.165, 1.54) is 0 Å². The molecule has 0 aliphatic rings. The zero-order valence-corrected chi connectivity index (χ0v) is 10.2. The second kappa shape index (κ2) is 2.39. The van der Waals surface area contributed by atoms with Crippen LogP contribution in [0.1, 0.15) is 20.8 Å². The van der Waals surface area contributed by atoms with Gasteiger partial charge in [0.1, 0.15) is 0 Å². The fourth-order valence-corrected chi connectivity index (χ4v) is 0. The summed E-state index contributed by atoms with van der Waals surface area (Å²) in [6.45, 7) is 11.9. The summed E-state index contributed by atoms with van der Waals surface area (Å²) in [4.78, 5) is -0.516. The molecule has 2 heteroatoms. The molecule has 0 saturated carbocycles. The molecule has 8 heavy (non-hydrogen) atoms. The maximum absolute atomic E-state index is 2.42. The van der Waals surface area contributed by atoms with Gasteiger partial charge in [0.05, 0.1) is 0 Å². The van der Waals surface area contributed by atoms with Crippen molar-refractivity contribution < 1.29 is 18.8 Å². The van der Waals surface area contributed by atoms with E-state index in [0.717, 1.165) is 0 Å². The van der Waals surface area contributed by atoms with Crippen molar-refractivity contribution in [1.29, 1.82) is 0 Å². The second-order valence-electron chi connectivity index (χ2n) is 3.52. The van der Waals surface area contributed by atoms with Crippen LogP contribution >= 0.6 is 4.90 Å². The van der Waals surface area contributed by atoms with Crippen LogP contribution in [0.15, 0.2) is 0 Å². The number of hydrogen-bond acceptors (Lipinski definition) is 0. The standard InChI is InChI=1S/C6H15P.W/c1-6(2,3)7(4)5;/h1-5H3;. The van der Waals surface area contributed by atoms with Crippen molar-refractivity contribution in [3.05, 3.63) is 0 Å². The molecule has 0 fully saturated rings. The molecule has 0 nitrogen and oxygen atoms in total. The first kappa shape index (κ1) is 9.12. The Balaban J connectivity index is 4.26. The topological polar surface area (TPSA) is 0 Å². The van der Waals surface area contributed by atoms with E-state index >= 15 is 0 Å². The Morgan fingerprint density at radius 3 is 1.25 bits per heavy atom. The Morgan fingerprint density at radius 2 is 1.25 bits per heavy atom. The third-order valence-corrected chi connectivity index (χ3v) is 10.7. The van der Waals surface area contributed by atoms with Gasteiger partial charge < -0.3 is 0 Å². The molecule has 0 N–H and O–H groups in total.